The predicted molar refractivity (Wildman–Crippen MR) is 185 cm³/mol. The van der Waals surface area contributed by atoms with Gasteiger partial charge in [-0.15, -0.1) is 0 Å². The number of hydrogen-bond acceptors (Lipinski definition) is 5. The summed E-state index contributed by atoms with van der Waals surface area (Å²) in [5.74, 6) is -0.194. The van der Waals surface area contributed by atoms with Crippen molar-refractivity contribution in [3.05, 3.63) is 24.3 Å². The lowest BCUT2D eigenvalue weighted by molar-refractivity contribution is -0.870. The number of carbonyl (C=O) groups excluding carboxylic acids is 1. The molecule has 0 radical (unpaired) electrons. The molecule has 0 rings (SSSR count). The maximum Gasteiger partial charge on any atom is 0.472 e. The number of phosphoric acid groups is 1. The van der Waals surface area contributed by atoms with E-state index in [9.17, 15) is 19.4 Å². The highest BCUT2D eigenvalue weighted by molar-refractivity contribution is 7.47. The van der Waals surface area contributed by atoms with Crippen LogP contribution < -0.4 is 5.32 Å². The summed E-state index contributed by atoms with van der Waals surface area (Å²) in [6.45, 7) is 4.73. The molecule has 0 saturated carbocycles. The fourth-order valence-electron chi connectivity index (χ4n) is 4.76. The first kappa shape index (κ1) is 43.0. The average molecular weight is 646 g/mol. The summed E-state index contributed by atoms with van der Waals surface area (Å²) in [6.07, 6.45) is 29.6. The number of aliphatic hydroxyl groups is 1. The first-order valence-corrected chi connectivity index (χ1v) is 19.2. The van der Waals surface area contributed by atoms with Crippen molar-refractivity contribution in [1.29, 1.82) is 0 Å². The van der Waals surface area contributed by atoms with Gasteiger partial charge in [0.05, 0.1) is 39.9 Å². The van der Waals surface area contributed by atoms with Crippen molar-refractivity contribution in [3.8, 4) is 0 Å². The largest absolute Gasteiger partial charge is 0.472 e. The molecule has 0 fully saturated rings. The zero-order valence-electron chi connectivity index (χ0n) is 29.1. The van der Waals surface area contributed by atoms with E-state index < -0.39 is 20.0 Å². The van der Waals surface area contributed by atoms with E-state index in [-0.39, 0.29) is 19.1 Å². The van der Waals surface area contributed by atoms with Gasteiger partial charge in [0.2, 0.25) is 5.91 Å². The quantitative estimate of drug-likeness (QED) is 0.0302. The molecule has 0 saturated heterocycles. The summed E-state index contributed by atoms with van der Waals surface area (Å²) in [7, 11) is 1.55. The van der Waals surface area contributed by atoms with Gasteiger partial charge in [-0.2, -0.15) is 0 Å². The van der Waals surface area contributed by atoms with Gasteiger partial charge in [-0.1, -0.05) is 128 Å². The minimum Gasteiger partial charge on any atom is -0.387 e. The SMILES string of the molecule is CCCCCCCCC/C=C/CC/C=C/[C@@H](O)[C@H](COP(=O)(O)OCC[N+](C)(C)C)NC(=O)CCCCCCCCCCC. The molecule has 0 spiro atoms. The Morgan fingerprint density at radius 1 is 0.750 bits per heavy atom. The van der Waals surface area contributed by atoms with E-state index >= 15 is 0 Å². The van der Waals surface area contributed by atoms with Crippen LogP contribution in [0.15, 0.2) is 24.3 Å². The number of nitrogens with one attached hydrogen (secondary N) is 1. The first-order valence-electron chi connectivity index (χ1n) is 17.7. The number of amides is 1. The van der Waals surface area contributed by atoms with Gasteiger partial charge in [-0.3, -0.25) is 13.8 Å². The molecule has 0 aromatic heterocycles. The van der Waals surface area contributed by atoms with E-state index in [2.05, 4.69) is 31.3 Å². The lowest BCUT2D eigenvalue weighted by Crippen LogP contribution is -2.45. The standard InChI is InChI=1S/C35H69N2O6P/c1-6-8-10-12-14-16-17-18-19-21-22-24-26-28-34(38)33(32-43-44(40,41)42-31-30-37(3,4)5)36-35(39)29-27-25-23-20-15-13-11-9-7-2/h19,21,26,28,33-34,38H,6-18,20,22-25,27,29-32H2,1-5H3,(H-,36,39,40,41)/p+1/b21-19+,28-26+/t33-,34+/m0/s1. The second-order valence-electron chi connectivity index (χ2n) is 13.2. The zero-order chi connectivity index (χ0) is 32.9. The van der Waals surface area contributed by atoms with Crippen molar-refractivity contribution >= 4 is 13.7 Å². The predicted octanol–water partition coefficient (Wildman–Crippen LogP) is 8.63. The van der Waals surface area contributed by atoms with Gasteiger partial charge in [0.1, 0.15) is 13.2 Å². The molecule has 44 heavy (non-hydrogen) atoms. The Hall–Kier alpha value is -1.02. The van der Waals surface area contributed by atoms with Crippen LogP contribution in [0.1, 0.15) is 142 Å². The molecule has 0 aromatic carbocycles. The van der Waals surface area contributed by atoms with Crippen molar-refractivity contribution in [2.24, 2.45) is 0 Å². The van der Waals surface area contributed by atoms with E-state index in [0.29, 0.717) is 17.4 Å². The van der Waals surface area contributed by atoms with Gasteiger partial charge in [-0.05, 0) is 32.1 Å². The number of aliphatic hydroxyl groups excluding tert-OH is 1. The number of likely N-dealkylation sites (N-methyl/N-ethyl adjacent to an activating group) is 1. The summed E-state index contributed by atoms with van der Waals surface area (Å²) in [5, 5.41) is 13.7. The third-order valence-electron chi connectivity index (χ3n) is 7.67. The summed E-state index contributed by atoms with van der Waals surface area (Å²) >= 11 is 0. The topological polar surface area (TPSA) is 105 Å². The fraction of sp³-hybridized carbons (Fsp3) is 0.857. The molecule has 3 atom stereocenters. The van der Waals surface area contributed by atoms with Crippen LogP contribution in [0.2, 0.25) is 0 Å². The lowest BCUT2D eigenvalue weighted by atomic mass is 10.1. The third-order valence-corrected chi connectivity index (χ3v) is 8.66. The first-order chi connectivity index (χ1) is 21.0. The number of allylic oxidation sites excluding steroid dienone is 3. The molecule has 9 heteroatoms. The normalized spacial score (nSPS) is 15.2. The third kappa shape index (κ3) is 29.7. The van der Waals surface area contributed by atoms with Crippen LogP contribution >= 0.6 is 7.82 Å². The Labute approximate surface area is 271 Å². The van der Waals surface area contributed by atoms with E-state index in [0.717, 1.165) is 38.5 Å². The maximum absolute atomic E-state index is 12.7. The van der Waals surface area contributed by atoms with E-state index in [1.807, 2.05) is 27.2 Å². The summed E-state index contributed by atoms with van der Waals surface area (Å²) in [5.41, 5.74) is 0. The molecule has 8 nitrogen and oxygen atoms in total. The molecule has 0 aliphatic carbocycles. The average Bonchev–Trinajstić information content (AvgIpc) is 2.95. The van der Waals surface area contributed by atoms with Gasteiger partial charge in [0.25, 0.3) is 0 Å². The summed E-state index contributed by atoms with van der Waals surface area (Å²) in [4.78, 5) is 22.8. The minimum absolute atomic E-state index is 0.0574. The monoisotopic (exact) mass is 645 g/mol. The minimum atomic E-state index is -4.33. The van der Waals surface area contributed by atoms with E-state index in [4.69, 9.17) is 9.05 Å². The number of nitrogens with zero attached hydrogens (tertiary/aromatic N) is 1. The molecule has 260 valence electrons. The number of rotatable bonds is 31. The van der Waals surface area contributed by atoms with Crippen LogP contribution in [-0.4, -0.2) is 73.4 Å². The zero-order valence-corrected chi connectivity index (χ0v) is 30.0. The fourth-order valence-corrected chi connectivity index (χ4v) is 5.50. The highest BCUT2D eigenvalue weighted by atomic mass is 31.2. The molecule has 1 amide bonds. The highest BCUT2D eigenvalue weighted by Crippen LogP contribution is 2.43. The van der Waals surface area contributed by atoms with Crippen molar-refractivity contribution in [2.75, 3.05) is 40.9 Å². The van der Waals surface area contributed by atoms with Crippen molar-refractivity contribution in [1.82, 2.24) is 5.32 Å². The molecule has 0 aliphatic heterocycles. The Morgan fingerprint density at radius 3 is 1.82 bits per heavy atom. The molecule has 0 heterocycles. The van der Waals surface area contributed by atoms with E-state index in [1.165, 1.54) is 83.5 Å². The summed E-state index contributed by atoms with van der Waals surface area (Å²) < 4.78 is 23.3. The van der Waals surface area contributed by atoms with Crippen LogP contribution in [0.25, 0.3) is 0 Å². The van der Waals surface area contributed by atoms with Crippen molar-refractivity contribution < 1.29 is 32.9 Å². The molecular weight excluding hydrogens is 575 g/mol. The van der Waals surface area contributed by atoms with Gasteiger partial charge in [0.15, 0.2) is 0 Å². The van der Waals surface area contributed by atoms with Gasteiger partial charge >= 0.3 is 7.82 Å². The Balaban J connectivity index is 4.66. The van der Waals surface area contributed by atoms with Crippen molar-refractivity contribution in [2.45, 2.75) is 154 Å². The Morgan fingerprint density at radius 2 is 1.25 bits per heavy atom. The molecule has 0 aromatic rings. The number of unbranched alkanes of at least 4 members (excludes halogenated alkanes) is 16. The second kappa shape index (κ2) is 28.2. The molecule has 1 unspecified atom stereocenters. The second-order valence-corrected chi connectivity index (χ2v) is 14.7. The van der Waals surface area contributed by atoms with E-state index in [1.54, 1.807) is 6.08 Å². The van der Waals surface area contributed by atoms with Crippen LogP contribution in [0.3, 0.4) is 0 Å². The summed E-state index contributed by atoms with van der Waals surface area (Å²) in [6, 6.07) is -0.854. The smallest absolute Gasteiger partial charge is 0.387 e. The van der Waals surface area contributed by atoms with Crippen LogP contribution in [-0.2, 0) is 18.4 Å². The van der Waals surface area contributed by atoms with Gasteiger partial charge in [0, 0.05) is 6.42 Å². The molecule has 0 aliphatic rings. The number of carbonyl (C=O) groups is 1. The van der Waals surface area contributed by atoms with Crippen LogP contribution in [0, 0.1) is 0 Å². The molecule has 0 bridgehead atoms. The van der Waals surface area contributed by atoms with Crippen LogP contribution in [0.5, 0.6) is 0 Å². The van der Waals surface area contributed by atoms with Crippen molar-refractivity contribution in [3.63, 3.8) is 0 Å². The maximum atomic E-state index is 12.7. The number of phosphoric ester groups is 1. The molecule has 3 N–H and O–H groups in total. The number of quaternary nitrogens is 1. The van der Waals surface area contributed by atoms with Gasteiger partial charge in [-0.25, -0.2) is 4.57 Å². The lowest BCUT2D eigenvalue weighted by Gasteiger charge is -2.25. The Kier molecular flexibility index (Phi) is 27.6. The van der Waals surface area contributed by atoms with Gasteiger partial charge < -0.3 is 19.8 Å². The Bertz CT molecular complexity index is 784. The number of hydrogen-bond donors (Lipinski definition) is 3. The van der Waals surface area contributed by atoms with Crippen LogP contribution in [0.4, 0.5) is 0 Å². The molecular formula is C35H70N2O6P+. The highest BCUT2D eigenvalue weighted by Gasteiger charge is 2.27.